The maximum absolute atomic E-state index is 14.3. The second-order valence-corrected chi connectivity index (χ2v) is 11.0. The van der Waals surface area contributed by atoms with Gasteiger partial charge in [-0.1, -0.05) is 19.3 Å². The number of rotatable bonds is 6. The maximum Gasteiger partial charge on any atom is 0.245 e. The number of hydrogen-bond acceptors (Lipinski definition) is 4. The van der Waals surface area contributed by atoms with Crippen molar-refractivity contribution in [2.45, 2.75) is 82.5 Å². The summed E-state index contributed by atoms with van der Waals surface area (Å²) in [6.45, 7) is 4.38. The van der Waals surface area contributed by atoms with E-state index in [4.69, 9.17) is 0 Å². The Balaban J connectivity index is 1.49. The summed E-state index contributed by atoms with van der Waals surface area (Å²) in [4.78, 5) is 46.8. The molecule has 5 rings (SSSR count). The van der Waals surface area contributed by atoms with Crippen LogP contribution in [0.5, 0.6) is 0 Å². The van der Waals surface area contributed by atoms with Gasteiger partial charge in [-0.3, -0.25) is 14.4 Å². The van der Waals surface area contributed by atoms with Crippen LogP contribution in [0.1, 0.15) is 63.9 Å². The topological polar surface area (TPSA) is 97.5 Å². The Hall–Kier alpha value is -2.94. The minimum atomic E-state index is -0.588. The molecule has 2 saturated heterocycles. The summed E-state index contributed by atoms with van der Waals surface area (Å²) >= 11 is 0. The molecule has 9 heteroatoms. The predicted octanol–water partition coefficient (Wildman–Crippen LogP) is 2.90. The first-order valence-electron chi connectivity index (χ1n) is 13.6. The number of carbonyl (C=O) groups is 3. The number of aromatic nitrogens is 1. The van der Waals surface area contributed by atoms with Gasteiger partial charge in [0.2, 0.25) is 17.7 Å². The van der Waals surface area contributed by atoms with Gasteiger partial charge in [-0.15, -0.1) is 0 Å². The van der Waals surface area contributed by atoms with E-state index in [1.54, 1.807) is 27.0 Å². The third kappa shape index (κ3) is 4.74. The van der Waals surface area contributed by atoms with Crippen LogP contribution in [0.4, 0.5) is 4.39 Å². The zero-order valence-corrected chi connectivity index (χ0v) is 21.9. The number of halogens is 1. The van der Waals surface area contributed by atoms with Crippen molar-refractivity contribution in [3.8, 4) is 0 Å². The lowest BCUT2D eigenvalue weighted by molar-refractivity contribution is -0.140. The SMILES string of the molecule is CN[C@@H](C)C(=O)N[C@H](C(=O)N1CC[C@@H]2[C@H]1[C@@H](c1c[nH]c3ccc(F)cc13)CN2C(C)=O)C1CCCCC1. The number of fused-ring (bicyclic) bond motifs is 2. The van der Waals surface area contributed by atoms with E-state index in [2.05, 4.69) is 15.6 Å². The van der Waals surface area contributed by atoms with Crippen molar-refractivity contribution in [1.82, 2.24) is 25.4 Å². The molecule has 1 aromatic carbocycles. The Morgan fingerprint density at radius 2 is 1.86 bits per heavy atom. The van der Waals surface area contributed by atoms with E-state index in [1.807, 2.05) is 16.0 Å². The number of likely N-dealkylation sites (tertiary alicyclic amines) is 2. The van der Waals surface area contributed by atoms with Gasteiger partial charge >= 0.3 is 0 Å². The zero-order valence-electron chi connectivity index (χ0n) is 21.9. The van der Waals surface area contributed by atoms with Crippen molar-refractivity contribution >= 4 is 28.6 Å². The largest absolute Gasteiger partial charge is 0.361 e. The molecule has 3 heterocycles. The highest BCUT2D eigenvalue weighted by Gasteiger charge is 2.53. The van der Waals surface area contributed by atoms with Gasteiger partial charge in [0.15, 0.2) is 0 Å². The molecule has 1 saturated carbocycles. The highest BCUT2D eigenvalue weighted by atomic mass is 19.1. The molecule has 37 heavy (non-hydrogen) atoms. The summed E-state index contributed by atoms with van der Waals surface area (Å²) in [6, 6.07) is 3.37. The monoisotopic (exact) mass is 511 g/mol. The number of likely N-dealkylation sites (N-methyl/N-ethyl adjacent to an activating group) is 1. The Morgan fingerprint density at radius 1 is 1.11 bits per heavy atom. The molecule has 3 N–H and O–H groups in total. The summed E-state index contributed by atoms with van der Waals surface area (Å²) in [7, 11) is 1.73. The second kappa shape index (κ2) is 10.4. The third-order valence-electron chi connectivity index (χ3n) is 8.90. The predicted molar refractivity (Wildman–Crippen MR) is 139 cm³/mol. The zero-order chi connectivity index (χ0) is 26.3. The van der Waals surface area contributed by atoms with Gasteiger partial charge in [-0.25, -0.2) is 4.39 Å². The van der Waals surface area contributed by atoms with Crippen LogP contribution in [-0.2, 0) is 14.4 Å². The van der Waals surface area contributed by atoms with Gasteiger partial charge in [-0.05, 0) is 62.9 Å². The summed E-state index contributed by atoms with van der Waals surface area (Å²) in [5, 5.41) is 6.84. The van der Waals surface area contributed by atoms with Crippen molar-refractivity contribution in [3.05, 3.63) is 35.8 Å². The van der Waals surface area contributed by atoms with Crippen LogP contribution in [0.3, 0.4) is 0 Å². The molecule has 1 aromatic heterocycles. The van der Waals surface area contributed by atoms with Crippen LogP contribution in [0.2, 0.25) is 0 Å². The molecular formula is C28H38FN5O3. The molecule has 0 bridgehead atoms. The Bertz CT molecular complexity index is 1180. The van der Waals surface area contributed by atoms with E-state index in [0.717, 1.165) is 48.6 Å². The molecule has 3 fully saturated rings. The first-order valence-corrected chi connectivity index (χ1v) is 13.6. The second-order valence-electron chi connectivity index (χ2n) is 11.0. The van der Waals surface area contributed by atoms with Crippen molar-refractivity contribution in [2.75, 3.05) is 20.1 Å². The van der Waals surface area contributed by atoms with Crippen LogP contribution in [0.25, 0.3) is 10.9 Å². The summed E-state index contributed by atoms with van der Waals surface area (Å²) in [6.07, 6.45) is 7.68. The lowest BCUT2D eigenvalue weighted by atomic mass is 9.82. The maximum atomic E-state index is 14.3. The number of amides is 3. The standard InChI is InChI=1S/C28H38FN5O3/c1-16(30-3)27(36)32-25(18-7-5-4-6-8-18)28(37)33-12-11-24-26(33)22(15-34(24)17(2)35)21-14-31-23-10-9-19(29)13-20(21)23/h9-10,13-14,16,18,22,24-26,30-31H,4-8,11-12,15H2,1-3H3,(H,32,36)/t16-,22+,24+,25-,26+/m0/s1. The lowest BCUT2D eigenvalue weighted by Gasteiger charge is -2.36. The van der Waals surface area contributed by atoms with Gasteiger partial charge < -0.3 is 25.4 Å². The normalized spacial score (nSPS) is 25.8. The first kappa shape index (κ1) is 25.7. The van der Waals surface area contributed by atoms with Crippen LogP contribution in [0, 0.1) is 11.7 Å². The smallest absolute Gasteiger partial charge is 0.245 e. The highest BCUT2D eigenvalue weighted by Crippen LogP contribution is 2.44. The Labute approximate surface area is 217 Å². The van der Waals surface area contributed by atoms with Crippen LogP contribution in [0.15, 0.2) is 24.4 Å². The lowest BCUT2D eigenvalue weighted by Crippen LogP contribution is -2.57. The van der Waals surface area contributed by atoms with Crippen molar-refractivity contribution in [1.29, 1.82) is 0 Å². The number of hydrogen-bond donors (Lipinski definition) is 3. The average Bonchev–Trinajstić information content (AvgIpc) is 3.60. The molecule has 1 aliphatic carbocycles. The highest BCUT2D eigenvalue weighted by molar-refractivity contribution is 5.91. The molecule has 2 aromatic rings. The van der Waals surface area contributed by atoms with E-state index < -0.39 is 12.1 Å². The van der Waals surface area contributed by atoms with Crippen LogP contribution >= 0.6 is 0 Å². The molecule has 2 aliphatic heterocycles. The number of nitrogens with zero attached hydrogens (tertiary/aromatic N) is 2. The first-order chi connectivity index (χ1) is 17.8. The molecule has 0 spiro atoms. The number of aromatic amines is 1. The fourth-order valence-electron chi connectivity index (χ4n) is 6.84. The molecule has 3 aliphatic rings. The molecule has 8 nitrogen and oxygen atoms in total. The van der Waals surface area contributed by atoms with Crippen LogP contribution in [-0.4, -0.2) is 76.8 Å². The molecule has 0 radical (unpaired) electrons. The van der Waals surface area contributed by atoms with Crippen molar-refractivity contribution in [3.63, 3.8) is 0 Å². The quantitative estimate of drug-likeness (QED) is 0.556. The molecule has 0 unspecified atom stereocenters. The minimum Gasteiger partial charge on any atom is -0.361 e. The molecular weight excluding hydrogens is 473 g/mol. The number of H-pyrrole nitrogens is 1. The molecule has 200 valence electrons. The van der Waals surface area contributed by atoms with Gasteiger partial charge in [-0.2, -0.15) is 0 Å². The van der Waals surface area contributed by atoms with Crippen LogP contribution < -0.4 is 10.6 Å². The average molecular weight is 512 g/mol. The number of carbonyl (C=O) groups excluding carboxylic acids is 3. The summed E-state index contributed by atoms with van der Waals surface area (Å²) in [5.41, 5.74) is 1.76. The molecule has 5 atom stereocenters. The van der Waals surface area contributed by atoms with E-state index in [9.17, 15) is 18.8 Å². The van der Waals surface area contributed by atoms with Gasteiger partial charge in [0.25, 0.3) is 0 Å². The molecule has 3 amide bonds. The third-order valence-corrected chi connectivity index (χ3v) is 8.90. The Morgan fingerprint density at radius 3 is 2.57 bits per heavy atom. The summed E-state index contributed by atoms with van der Waals surface area (Å²) < 4.78 is 14.2. The Kier molecular flexibility index (Phi) is 7.25. The van der Waals surface area contributed by atoms with E-state index in [-0.39, 0.29) is 47.5 Å². The van der Waals surface area contributed by atoms with Gasteiger partial charge in [0.1, 0.15) is 11.9 Å². The van der Waals surface area contributed by atoms with E-state index in [0.29, 0.717) is 19.5 Å². The summed E-state index contributed by atoms with van der Waals surface area (Å²) in [5.74, 6) is -0.614. The fraction of sp³-hybridized carbons (Fsp3) is 0.607. The van der Waals surface area contributed by atoms with Crippen molar-refractivity contribution in [2.24, 2.45) is 5.92 Å². The van der Waals surface area contributed by atoms with Crippen molar-refractivity contribution < 1.29 is 18.8 Å². The van der Waals surface area contributed by atoms with Gasteiger partial charge in [0, 0.05) is 43.0 Å². The number of nitrogens with one attached hydrogen (secondary N) is 3. The minimum absolute atomic E-state index is 0.0159. The number of benzene rings is 1. The van der Waals surface area contributed by atoms with Gasteiger partial charge in [0.05, 0.1) is 18.1 Å². The fourth-order valence-corrected chi connectivity index (χ4v) is 6.84. The van der Waals surface area contributed by atoms with E-state index >= 15 is 0 Å². The van der Waals surface area contributed by atoms with E-state index in [1.165, 1.54) is 12.1 Å².